The molecule has 0 radical (unpaired) electrons. The number of aryl methyl sites for hydroxylation is 1. The number of nitrogens with one attached hydrogen (secondary N) is 1. The Morgan fingerprint density at radius 3 is 2.64 bits per heavy atom. The zero-order valence-electron chi connectivity index (χ0n) is 17.9. The largest absolute Gasteiger partial charge is 0.455 e. The average molecular weight is 486 g/mol. The van der Waals surface area contributed by atoms with Gasteiger partial charge in [-0.25, -0.2) is 13.4 Å². The van der Waals surface area contributed by atoms with E-state index >= 15 is 0 Å². The predicted octanol–water partition coefficient (Wildman–Crippen LogP) is 3.92. The molecule has 0 atom stereocenters. The standard InChI is InChI=1S/C23H23N3O5S2/c1-17-24-18(16-32-17)7-10-23(27)25-21-15-20(33(28,29)26-11-13-30-14-12-26)8-9-22(21)31-19-5-3-2-4-6-19/h2-10,15-16H,11-14H2,1H3,(H,25,27). The highest BCUT2D eigenvalue weighted by Gasteiger charge is 2.27. The van der Waals surface area contributed by atoms with Crippen molar-refractivity contribution in [2.45, 2.75) is 11.8 Å². The van der Waals surface area contributed by atoms with Crippen molar-refractivity contribution >= 4 is 39.0 Å². The van der Waals surface area contributed by atoms with Crippen molar-refractivity contribution < 1.29 is 22.7 Å². The number of morpholine rings is 1. The van der Waals surface area contributed by atoms with E-state index in [9.17, 15) is 13.2 Å². The maximum absolute atomic E-state index is 13.1. The van der Waals surface area contributed by atoms with Gasteiger partial charge in [0.2, 0.25) is 15.9 Å². The Kier molecular flexibility index (Phi) is 7.19. The molecule has 10 heteroatoms. The summed E-state index contributed by atoms with van der Waals surface area (Å²) < 4.78 is 38.8. The number of rotatable bonds is 7. The third-order valence-corrected chi connectivity index (χ3v) is 7.52. The topological polar surface area (TPSA) is 97.8 Å². The highest BCUT2D eigenvalue weighted by molar-refractivity contribution is 7.89. The fourth-order valence-electron chi connectivity index (χ4n) is 3.20. The molecule has 0 bridgehead atoms. The number of sulfonamides is 1. The molecule has 1 aliphatic rings. The number of para-hydroxylation sites is 1. The summed E-state index contributed by atoms with van der Waals surface area (Å²) in [6, 6.07) is 13.5. The van der Waals surface area contributed by atoms with Crippen LogP contribution in [0.1, 0.15) is 10.7 Å². The normalized spacial score (nSPS) is 14.9. The second-order valence-electron chi connectivity index (χ2n) is 7.20. The van der Waals surface area contributed by atoms with Crippen LogP contribution in [0, 0.1) is 6.92 Å². The molecule has 0 aliphatic carbocycles. The smallest absolute Gasteiger partial charge is 0.248 e. The summed E-state index contributed by atoms with van der Waals surface area (Å²) in [5, 5.41) is 5.48. The quantitative estimate of drug-likeness (QED) is 0.510. The molecular weight excluding hydrogens is 462 g/mol. The van der Waals surface area contributed by atoms with E-state index < -0.39 is 15.9 Å². The van der Waals surface area contributed by atoms with Crippen LogP contribution in [0.2, 0.25) is 0 Å². The number of thiazole rings is 1. The van der Waals surface area contributed by atoms with E-state index in [1.54, 1.807) is 24.3 Å². The lowest BCUT2D eigenvalue weighted by Crippen LogP contribution is -2.40. The molecule has 1 amide bonds. The number of carbonyl (C=O) groups is 1. The van der Waals surface area contributed by atoms with E-state index in [0.717, 1.165) is 5.01 Å². The third kappa shape index (κ3) is 5.85. The number of hydrogen-bond donors (Lipinski definition) is 1. The number of aromatic nitrogens is 1. The van der Waals surface area contributed by atoms with Crippen molar-refractivity contribution in [1.82, 2.24) is 9.29 Å². The summed E-state index contributed by atoms with van der Waals surface area (Å²) in [6.07, 6.45) is 2.95. The number of amides is 1. The number of ether oxygens (including phenoxy) is 2. The Bertz CT molecular complexity index is 1250. The second-order valence-corrected chi connectivity index (χ2v) is 10.2. The second kappa shape index (κ2) is 10.3. The molecule has 8 nitrogen and oxygen atoms in total. The van der Waals surface area contributed by atoms with Crippen molar-refractivity contribution in [3.63, 3.8) is 0 Å². The zero-order valence-corrected chi connectivity index (χ0v) is 19.6. The van der Waals surface area contributed by atoms with E-state index in [0.29, 0.717) is 30.4 Å². The minimum Gasteiger partial charge on any atom is -0.455 e. The molecule has 2 aromatic carbocycles. The van der Waals surface area contributed by atoms with Gasteiger partial charge in [0.1, 0.15) is 5.75 Å². The molecule has 33 heavy (non-hydrogen) atoms. The summed E-state index contributed by atoms with van der Waals surface area (Å²) in [7, 11) is -3.74. The number of hydrogen-bond acceptors (Lipinski definition) is 7. The van der Waals surface area contributed by atoms with Crippen LogP contribution >= 0.6 is 11.3 Å². The van der Waals surface area contributed by atoms with E-state index in [1.807, 2.05) is 30.5 Å². The van der Waals surface area contributed by atoms with Gasteiger partial charge in [0.15, 0.2) is 5.75 Å². The van der Waals surface area contributed by atoms with Gasteiger partial charge >= 0.3 is 0 Å². The molecule has 0 saturated carbocycles. The number of benzene rings is 2. The van der Waals surface area contributed by atoms with Crippen LogP contribution < -0.4 is 10.1 Å². The fraction of sp³-hybridized carbons (Fsp3) is 0.217. The van der Waals surface area contributed by atoms with Gasteiger partial charge in [-0.15, -0.1) is 11.3 Å². The maximum atomic E-state index is 13.1. The molecule has 2 heterocycles. The van der Waals surface area contributed by atoms with Crippen molar-refractivity contribution in [3.05, 3.63) is 70.7 Å². The summed E-state index contributed by atoms with van der Waals surface area (Å²) in [6.45, 7) is 3.14. The molecule has 172 valence electrons. The minimum atomic E-state index is -3.74. The van der Waals surface area contributed by atoms with E-state index in [4.69, 9.17) is 9.47 Å². The summed E-state index contributed by atoms with van der Waals surface area (Å²) in [4.78, 5) is 17.0. The molecule has 1 aromatic heterocycles. The summed E-state index contributed by atoms with van der Waals surface area (Å²) in [5.41, 5.74) is 0.925. The highest BCUT2D eigenvalue weighted by atomic mass is 32.2. The van der Waals surface area contributed by atoms with Gasteiger partial charge in [-0.05, 0) is 43.3 Å². The molecule has 0 spiro atoms. The molecular formula is C23H23N3O5S2. The predicted molar refractivity (Wildman–Crippen MR) is 127 cm³/mol. The summed E-state index contributed by atoms with van der Waals surface area (Å²) >= 11 is 1.49. The van der Waals surface area contributed by atoms with Crippen molar-refractivity contribution in [2.24, 2.45) is 0 Å². The van der Waals surface area contributed by atoms with Crippen LogP contribution in [-0.2, 0) is 19.6 Å². The van der Waals surface area contributed by atoms with Crippen LogP contribution in [0.15, 0.2) is 64.9 Å². The highest BCUT2D eigenvalue weighted by Crippen LogP contribution is 2.33. The van der Waals surface area contributed by atoms with E-state index in [-0.39, 0.29) is 23.7 Å². The van der Waals surface area contributed by atoms with Crippen LogP contribution in [0.5, 0.6) is 11.5 Å². The van der Waals surface area contributed by atoms with Crippen molar-refractivity contribution in [1.29, 1.82) is 0 Å². The van der Waals surface area contributed by atoms with Crippen molar-refractivity contribution in [2.75, 3.05) is 31.6 Å². The molecule has 1 aliphatic heterocycles. The van der Waals surface area contributed by atoms with Gasteiger partial charge in [-0.3, -0.25) is 4.79 Å². The van der Waals surface area contributed by atoms with Gasteiger partial charge in [-0.1, -0.05) is 18.2 Å². The van der Waals surface area contributed by atoms with Crippen molar-refractivity contribution in [3.8, 4) is 11.5 Å². The Morgan fingerprint density at radius 2 is 1.94 bits per heavy atom. The number of nitrogens with zero attached hydrogens (tertiary/aromatic N) is 2. The first kappa shape index (κ1) is 23.1. The Hall–Kier alpha value is -3.05. The molecule has 1 saturated heterocycles. The van der Waals surface area contributed by atoms with E-state index in [1.165, 1.54) is 33.9 Å². The van der Waals surface area contributed by atoms with Crippen LogP contribution in [0.25, 0.3) is 6.08 Å². The van der Waals surface area contributed by atoms with E-state index in [2.05, 4.69) is 10.3 Å². The minimum absolute atomic E-state index is 0.0687. The average Bonchev–Trinajstić information content (AvgIpc) is 3.25. The van der Waals surface area contributed by atoms with Gasteiger partial charge in [0.25, 0.3) is 0 Å². The van der Waals surface area contributed by atoms with Crippen LogP contribution in [0.4, 0.5) is 5.69 Å². The molecule has 3 aromatic rings. The molecule has 1 N–H and O–H groups in total. The lowest BCUT2D eigenvalue weighted by molar-refractivity contribution is -0.111. The first-order valence-electron chi connectivity index (χ1n) is 10.3. The van der Waals surface area contributed by atoms with Gasteiger partial charge < -0.3 is 14.8 Å². The maximum Gasteiger partial charge on any atom is 0.248 e. The number of anilines is 1. The van der Waals surface area contributed by atoms with Crippen LogP contribution in [0.3, 0.4) is 0 Å². The first-order valence-corrected chi connectivity index (χ1v) is 12.6. The van der Waals surface area contributed by atoms with Gasteiger partial charge in [0.05, 0.1) is 34.5 Å². The Labute approximate surface area is 196 Å². The molecule has 0 unspecified atom stereocenters. The monoisotopic (exact) mass is 485 g/mol. The summed E-state index contributed by atoms with van der Waals surface area (Å²) in [5.74, 6) is 0.457. The first-order chi connectivity index (χ1) is 15.9. The Balaban J connectivity index is 1.62. The molecule has 4 rings (SSSR count). The lowest BCUT2D eigenvalue weighted by atomic mass is 10.2. The third-order valence-electron chi connectivity index (χ3n) is 4.83. The molecule has 1 fully saturated rings. The number of carbonyl (C=O) groups excluding carboxylic acids is 1. The van der Waals surface area contributed by atoms with Gasteiger partial charge in [-0.2, -0.15) is 4.31 Å². The lowest BCUT2D eigenvalue weighted by Gasteiger charge is -2.26. The SMILES string of the molecule is Cc1nc(C=CC(=O)Nc2cc(S(=O)(=O)N3CCOCC3)ccc2Oc2ccccc2)cs1. The zero-order chi connectivity index (χ0) is 23.3. The van der Waals surface area contributed by atoms with Crippen LogP contribution in [-0.4, -0.2) is 49.9 Å². The Morgan fingerprint density at radius 1 is 1.18 bits per heavy atom. The van der Waals surface area contributed by atoms with Gasteiger partial charge in [0, 0.05) is 24.5 Å². The fourth-order valence-corrected chi connectivity index (χ4v) is 5.22.